The molecule has 0 saturated carbocycles. The molecule has 1 atom stereocenters. The van der Waals surface area contributed by atoms with Gasteiger partial charge in [-0.15, -0.1) is 0 Å². The first-order valence-electron chi connectivity index (χ1n) is 12.8. The third kappa shape index (κ3) is 5.13. The number of benzene rings is 3. The molecule has 3 amide bonds. The van der Waals surface area contributed by atoms with Crippen LogP contribution in [-0.4, -0.2) is 66.1 Å². The molecule has 3 aromatic rings. The third-order valence-corrected chi connectivity index (χ3v) is 7.28. The van der Waals surface area contributed by atoms with Crippen LogP contribution in [0, 0.1) is 0 Å². The predicted octanol–water partition coefficient (Wildman–Crippen LogP) is 3.49. The van der Waals surface area contributed by atoms with Crippen molar-refractivity contribution in [2.24, 2.45) is 0 Å². The van der Waals surface area contributed by atoms with Crippen LogP contribution >= 0.6 is 0 Å². The van der Waals surface area contributed by atoms with Crippen LogP contribution in [0.3, 0.4) is 0 Å². The van der Waals surface area contributed by atoms with E-state index in [9.17, 15) is 14.4 Å². The van der Waals surface area contributed by atoms with Crippen LogP contribution in [0.5, 0.6) is 5.75 Å². The lowest BCUT2D eigenvalue weighted by atomic mass is 9.96. The predicted molar refractivity (Wildman–Crippen MR) is 142 cm³/mol. The highest BCUT2D eigenvalue weighted by Gasteiger charge is 2.54. The van der Waals surface area contributed by atoms with E-state index in [0.29, 0.717) is 49.4 Å². The summed E-state index contributed by atoms with van der Waals surface area (Å²) in [6, 6.07) is 24.8. The molecule has 2 aliphatic rings. The molecule has 0 radical (unpaired) electrons. The maximum absolute atomic E-state index is 13.8. The maximum Gasteiger partial charge on any atom is 0.256 e. The Bertz CT molecular complexity index is 1270. The summed E-state index contributed by atoms with van der Waals surface area (Å²) >= 11 is 0. The fourth-order valence-electron chi connectivity index (χ4n) is 5.16. The molecule has 2 saturated heterocycles. The summed E-state index contributed by atoms with van der Waals surface area (Å²) in [5.41, 5.74) is 1.08. The first kappa shape index (κ1) is 25.5. The molecule has 0 aromatic heterocycles. The van der Waals surface area contributed by atoms with Crippen LogP contribution in [0.25, 0.3) is 0 Å². The van der Waals surface area contributed by atoms with Crippen molar-refractivity contribution in [3.63, 3.8) is 0 Å². The average molecular weight is 514 g/mol. The Hall–Kier alpha value is -4.17. The molecule has 8 nitrogen and oxygen atoms in total. The van der Waals surface area contributed by atoms with Gasteiger partial charge in [-0.05, 0) is 42.0 Å². The highest BCUT2D eigenvalue weighted by molar-refractivity contribution is 5.98. The second-order valence-electron chi connectivity index (χ2n) is 9.54. The number of carbonyl (C=O) groups is 3. The van der Waals surface area contributed by atoms with Crippen LogP contribution in [0.1, 0.15) is 39.1 Å². The van der Waals surface area contributed by atoms with Gasteiger partial charge in [0.25, 0.3) is 11.8 Å². The van der Waals surface area contributed by atoms with E-state index in [1.54, 1.807) is 65.4 Å². The highest BCUT2D eigenvalue weighted by Crippen LogP contribution is 2.39. The molecule has 1 N–H and O–H groups in total. The molecule has 3 aromatic carbocycles. The summed E-state index contributed by atoms with van der Waals surface area (Å²) in [6.07, 6.45) is 0.825. The Morgan fingerprint density at radius 3 is 2.11 bits per heavy atom. The van der Waals surface area contributed by atoms with Crippen molar-refractivity contribution in [2.45, 2.75) is 31.2 Å². The van der Waals surface area contributed by atoms with Gasteiger partial charge in [0.15, 0.2) is 0 Å². The van der Waals surface area contributed by atoms with E-state index in [2.05, 4.69) is 5.32 Å². The Labute approximate surface area is 222 Å². The fraction of sp³-hybridized carbons (Fsp3) is 0.300. The normalized spacial score (nSPS) is 18.3. The molecule has 2 heterocycles. The lowest BCUT2D eigenvalue weighted by Gasteiger charge is -2.44. The van der Waals surface area contributed by atoms with E-state index in [-0.39, 0.29) is 24.3 Å². The quantitative estimate of drug-likeness (QED) is 0.545. The van der Waals surface area contributed by atoms with Gasteiger partial charge in [0.05, 0.1) is 13.7 Å². The topological polar surface area (TPSA) is 88.2 Å². The summed E-state index contributed by atoms with van der Waals surface area (Å²) in [5.74, 6) is 0.0911. The van der Waals surface area contributed by atoms with Gasteiger partial charge in [0.1, 0.15) is 17.5 Å². The van der Waals surface area contributed by atoms with Gasteiger partial charge in [0, 0.05) is 43.6 Å². The summed E-state index contributed by atoms with van der Waals surface area (Å²) in [5, 5.41) is 2.97. The second kappa shape index (κ2) is 11.1. The largest absolute Gasteiger partial charge is 0.497 e. The molecule has 8 heteroatoms. The van der Waals surface area contributed by atoms with Gasteiger partial charge in [-0.1, -0.05) is 48.5 Å². The van der Waals surface area contributed by atoms with Crippen LogP contribution in [0.15, 0.2) is 84.9 Å². The molecule has 196 valence electrons. The zero-order valence-electron chi connectivity index (χ0n) is 21.3. The molecule has 0 bridgehead atoms. The van der Waals surface area contributed by atoms with Crippen molar-refractivity contribution in [1.29, 1.82) is 0 Å². The average Bonchev–Trinajstić information content (AvgIpc) is 3.35. The third-order valence-electron chi connectivity index (χ3n) is 7.28. The van der Waals surface area contributed by atoms with Crippen molar-refractivity contribution in [3.8, 4) is 5.75 Å². The Kier molecular flexibility index (Phi) is 7.42. The first-order valence-corrected chi connectivity index (χ1v) is 12.8. The molecule has 0 unspecified atom stereocenters. The van der Waals surface area contributed by atoms with Gasteiger partial charge >= 0.3 is 0 Å². The number of hydrogen-bond acceptors (Lipinski definition) is 5. The maximum atomic E-state index is 13.8. The number of nitrogens with one attached hydrogen (secondary N) is 1. The van der Waals surface area contributed by atoms with Crippen LogP contribution in [0.4, 0.5) is 0 Å². The van der Waals surface area contributed by atoms with Gasteiger partial charge in [-0.3, -0.25) is 19.3 Å². The van der Waals surface area contributed by atoms with Crippen molar-refractivity contribution < 1.29 is 23.9 Å². The Balaban J connectivity index is 1.33. The number of piperidine rings is 1. The molecular weight excluding hydrogens is 482 g/mol. The number of methoxy groups -OCH3 is 1. The number of hydrogen-bond donors (Lipinski definition) is 1. The fourth-order valence-corrected chi connectivity index (χ4v) is 5.16. The Morgan fingerprint density at radius 2 is 1.47 bits per heavy atom. The summed E-state index contributed by atoms with van der Waals surface area (Å²) < 4.78 is 11.5. The zero-order chi connectivity index (χ0) is 26.5. The van der Waals surface area contributed by atoms with E-state index in [4.69, 9.17) is 9.47 Å². The zero-order valence-corrected chi connectivity index (χ0v) is 21.3. The van der Waals surface area contributed by atoms with E-state index in [1.807, 2.05) is 36.4 Å². The SMILES string of the molecule is COc1ccc(C(=O)N2CCC3(CC2)OC[C@@H](C(=O)NCc2ccccc2)N3C(=O)c2ccccc2)cc1. The number of carbonyl (C=O) groups excluding carboxylic acids is 3. The van der Waals surface area contributed by atoms with E-state index < -0.39 is 11.8 Å². The lowest BCUT2D eigenvalue weighted by Crippen LogP contribution is -2.59. The van der Waals surface area contributed by atoms with Crippen molar-refractivity contribution in [1.82, 2.24) is 15.1 Å². The monoisotopic (exact) mass is 513 g/mol. The number of likely N-dealkylation sites (tertiary alicyclic amines) is 1. The number of ether oxygens (including phenoxy) is 2. The van der Waals surface area contributed by atoms with Gasteiger partial charge in [-0.25, -0.2) is 0 Å². The standard InChI is InChI=1S/C30H31N3O5/c1-37-25-14-12-24(13-15-25)28(35)32-18-16-30(17-19-32)33(29(36)23-10-6-3-7-11-23)26(21-38-30)27(34)31-20-22-8-4-2-5-9-22/h2-15,26H,16-21H2,1H3,(H,31,34)/t26-/m0/s1. The molecule has 2 fully saturated rings. The van der Waals surface area contributed by atoms with E-state index >= 15 is 0 Å². The smallest absolute Gasteiger partial charge is 0.256 e. The van der Waals surface area contributed by atoms with Gasteiger partial charge < -0.3 is 19.7 Å². The second-order valence-corrected chi connectivity index (χ2v) is 9.54. The van der Waals surface area contributed by atoms with Crippen LogP contribution in [0.2, 0.25) is 0 Å². The summed E-state index contributed by atoms with van der Waals surface area (Å²) in [6.45, 7) is 1.27. The van der Waals surface area contributed by atoms with Gasteiger partial charge in [0.2, 0.25) is 5.91 Å². The number of rotatable bonds is 6. The summed E-state index contributed by atoms with van der Waals surface area (Å²) in [4.78, 5) is 43.6. The lowest BCUT2D eigenvalue weighted by molar-refractivity contribution is -0.128. The van der Waals surface area contributed by atoms with Gasteiger partial charge in [-0.2, -0.15) is 0 Å². The molecule has 1 spiro atoms. The van der Waals surface area contributed by atoms with E-state index in [1.165, 1.54) is 0 Å². The summed E-state index contributed by atoms with van der Waals surface area (Å²) in [7, 11) is 1.58. The first-order chi connectivity index (χ1) is 18.5. The van der Waals surface area contributed by atoms with Crippen LogP contribution in [-0.2, 0) is 16.1 Å². The molecule has 0 aliphatic carbocycles. The van der Waals surface area contributed by atoms with Crippen molar-refractivity contribution in [3.05, 3.63) is 102 Å². The highest BCUT2D eigenvalue weighted by atomic mass is 16.5. The minimum absolute atomic E-state index is 0.0846. The minimum Gasteiger partial charge on any atom is -0.497 e. The molecule has 5 rings (SSSR count). The van der Waals surface area contributed by atoms with Crippen molar-refractivity contribution in [2.75, 3.05) is 26.8 Å². The molecule has 2 aliphatic heterocycles. The van der Waals surface area contributed by atoms with Crippen molar-refractivity contribution >= 4 is 17.7 Å². The number of nitrogens with zero attached hydrogens (tertiary/aromatic N) is 2. The van der Waals surface area contributed by atoms with Crippen LogP contribution < -0.4 is 10.1 Å². The number of amides is 3. The molecule has 38 heavy (non-hydrogen) atoms. The minimum atomic E-state index is -0.960. The Morgan fingerprint density at radius 1 is 0.868 bits per heavy atom. The molecular formula is C30H31N3O5. The van der Waals surface area contributed by atoms with E-state index in [0.717, 1.165) is 5.56 Å².